The van der Waals surface area contributed by atoms with E-state index in [1.807, 2.05) is 0 Å². The Morgan fingerprint density at radius 2 is 2.29 bits per heavy atom. The van der Waals surface area contributed by atoms with Crippen LogP contribution in [0.5, 0.6) is 5.75 Å². The van der Waals surface area contributed by atoms with Gasteiger partial charge in [0.05, 0.1) is 6.61 Å². The average molecular weight is 264 g/mol. The fraction of sp³-hybridized carbons (Fsp3) is 0.333. The minimum absolute atomic E-state index is 0.160. The summed E-state index contributed by atoms with van der Waals surface area (Å²) in [7, 11) is 0. The molecule has 5 heteroatoms. The predicted molar refractivity (Wildman–Crippen MR) is 54.3 cm³/mol. The van der Waals surface area contributed by atoms with Crippen molar-refractivity contribution in [2.75, 3.05) is 6.61 Å². The van der Waals surface area contributed by atoms with Crippen molar-refractivity contribution in [1.82, 2.24) is 0 Å². The Hall–Kier alpha value is -0.650. The molecule has 1 rings (SSSR count). The van der Waals surface area contributed by atoms with Gasteiger partial charge in [-0.1, -0.05) is 22.9 Å². The van der Waals surface area contributed by atoms with E-state index in [-0.39, 0.29) is 18.3 Å². The van der Waals surface area contributed by atoms with Crippen LogP contribution >= 0.6 is 15.9 Å². The second-order valence-corrected chi connectivity index (χ2v) is 3.98. The number of hydrogen-bond donors (Lipinski definition) is 2. The molecule has 0 amide bonds. The lowest BCUT2D eigenvalue weighted by Gasteiger charge is -2.12. The fourth-order valence-electron chi connectivity index (χ4n) is 1.20. The quantitative estimate of drug-likeness (QED) is 0.823. The first-order valence-corrected chi connectivity index (χ1v) is 4.85. The summed E-state index contributed by atoms with van der Waals surface area (Å²) in [5, 5.41) is 9.43. The fourth-order valence-corrected chi connectivity index (χ4v) is 1.64. The normalized spacial score (nSPS) is 12.9. The van der Waals surface area contributed by atoms with Crippen molar-refractivity contribution in [3.63, 3.8) is 0 Å². The Labute approximate surface area is 89.8 Å². The summed E-state index contributed by atoms with van der Waals surface area (Å²) in [6.07, 6.45) is 0. The van der Waals surface area contributed by atoms with Gasteiger partial charge in [-0.05, 0) is 12.1 Å². The average Bonchev–Trinajstić information content (AvgIpc) is 2.11. The zero-order valence-electron chi connectivity index (χ0n) is 7.63. The van der Waals surface area contributed by atoms with Gasteiger partial charge in [0.1, 0.15) is 0 Å². The minimum Gasteiger partial charge on any atom is -0.505 e. The standard InChI is InChI=1S/C9H11BrFNO2/c1-5(4-14-12)7-2-6(10)3-8(11)9(7)13/h2-3,5,13H,4,12H2,1H3. The molecule has 1 atom stereocenters. The van der Waals surface area contributed by atoms with Crippen LogP contribution in [0.25, 0.3) is 0 Å². The van der Waals surface area contributed by atoms with Gasteiger partial charge in [-0.25, -0.2) is 10.3 Å². The van der Waals surface area contributed by atoms with Gasteiger partial charge in [-0.2, -0.15) is 0 Å². The molecule has 0 saturated heterocycles. The molecule has 0 spiro atoms. The number of nitrogens with two attached hydrogens (primary N) is 1. The monoisotopic (exact) mass is 263 g/mol. The van der Waals surface area contributed by atoms with Gasteiger partial charge < -0.3 is 9.94 Å². The summed E-state index contributed by atoms with van der Waals surface area (Å²) < 4.78 is 13.7. The van der Waals surface area contributed by atoms with Crippen LogP contribution in [0.3, 0.4) is 0 Å². The van der Waals surface area contributed by atoms with Crippen LogP contribution in [-0.2, 0) is 4.84 Å². The van der Waals surface area contributed by atoms with E-state index in [1.54, 1.807) is 13.0 Å². The summed E-state index contributed by atoms with van der Waals surface area (Å²) >= 11 is 3.14. The summed E-state index contributed by atoms with van der Waals surface area (Å²) in [5.74, 6) is 3.74. The molecular weight excluding hydrogens is 253 g/mol. The van der Waals surface area contributed by atoms with Crippen molar-refractivity contribution in [2.24, 2.45) is 5.90 Å². The number of aromatic hydroxyl groups is 1. The highest BCUT2D eigenvalue weighted by molar-refractivity contribution is 9.10. The molecule has 1 unspecified atom stereocenters. The van der Waals surface area contributed by atoms with Crippen LogP contribution in [0.4, 0.5) is 4.39 Å². The smallest absolute Gasteiger partial charge is 0.166 e. The van der Waals surface area contributed by atoms with Crippen molar-refractivity contribution in [2.45, 2.75) is 12.8 Å². The third-order valence-corrected chi connectivity index (χ3v) is 2.39. The highest BCUT2D eigenvalue weighted by Crippen LogP contribution is 2.31. The molecule has 0 aromatic heterocycles. The molecule has 1 aromatic carbocycles. The molecule has 0 aliphatic rings. The Bertz CT molecular complexity index is 333. The van der Waals surface area contributed by atoms with E-state index in [0.29, 0.717) is 10.0 Å². The molecule has 0 bridgehead atoms. The van der Waals surface area contributed by atoms with Gasteiger partial charge in [0.15, 0.2) is 11.6 Å². The summed E-state index contributed by atoms with van der Waals surface area (Å²) in [4.78, 5) is 4.44. The molecule has 78 valence electrons. The Balaban J connectivity index is 3.07. The topological polar surface area (TPSA) is 55.5 Å². The number of phenolic OH excluding ortho intramolecular Hbond substituents is 1. The molecule has 3 N–H and O–H groups in total. The summed E-state index contributed by atoms with van der Waals surface area (Å²) in [6, 6.07) is 2.84. The molecule has 1 aromatic rings. The third kappa shape index (κ3) is 2.43. The maximum Gasteiger partial charge on any atom is 0.166 e. The summed E-state index contributed by atoms with van der Waals surface area (Å²) in [5.41, 5.74) is 0.474. The zero-order valence-corrected chi connectivity index (χ0v) is 9.21. The van der Waals surface area contributed by atoms with E-state index in [4.69, 9.17) is 5.90 Å². The van der Waals surface area contributed by atoms with Gasteiger partial charge in [0.2, 0.25) is 0 Å². The largest absolute Gasteiger partial charge is 0.505 e. The first-order valence-electron chi connectivity index (χ1n) is 4.05. The molecule has 0 aliphatic carbocycles. The van der Waals surface area contributed by atoms with Crippen molar-refractivity contribution in [3.8, 4) is 5.75 Å². The lowest BCUT2D eigenvalue weighted by molar-refractivity contribution is 0.126. The van der Waals surface area contributed by atoms with Crippen molar-refractivity contribution in [1.29, 1.82) is 0 Å². The highest BCUT2D eigenvalue weighted by Gasteiger charge is 2.15. The second-order valence-electron chi connectivity index (χ2n) is 3.06. The second kappa shape index (κ2) is 4.72. The first-order chi connectivity index (χ1) is 6.56. The van der Waals surface area contributed by atoms with E-state index >= 15 is 0 Å². The van der Waals surface area contributed by atoms with E-state index < -0.39 is 5.82 Å². The van der Waals surface area contributed by atoms with Crippen LogP contribution in [0, 0.1) is 5.82 Å². The maximum absolute atomic E-state index is 13.1. The maximum atomic E-state index is 13.1. The number of phenols is 1. The molecular formula is C9H11BrFNO2. The van der Waals surface area contributed by atoms with E-state index in [0.717, 1.165) is 0 Å². The van der Waals surface area contributed by atoms with Gasteiger partial charge in [0.25, 0.3) is 0 Å². The van der Waals surface area contributed by atoms with Gasteiger partial charge >= 0.3 is 0 Å². The molecule has 14 heavy (non-hydrogen) atoms. The molecule has 0 saturated carbocycles. The minimum atomic E-state index is -0.654. The molecule has 0 heterocycles. The molecule has 0 fully saturated rings. The van der Waals surface area contributed by atoms with Crippen LogP contribution in [-0.4, -0.2) is 11.7 Å². The highest BCUT2D eigenvalue weighted by atomic mass is 79.9. The molecule has 3 nitrogen and oxygen atoms in total. The summed E-state index contributed by atoms with van der Waals surface area (Å²) in [6.45, 7) is 2.01. The van der Waals surface area contributed by atoms with Crippen molar-refractivity contribution in [3.05, 3.63) is 28.0 Å². The zero-order chi connectivity index (χ0) is 10.7. The number of rotatable bonds is 3. The Morgan fingerprint density at radius 3 is 2.86 bits per heavy atom. The van der Waals surface area contributed by atoms with E-state index in [1.165, 1.54) is 6.07 Å². The Kier molecular flexibility index (Phi) is 3.86. The van der Waals surface area contributed by atoms with Gasteiger partial charge in [-0.15, -0.1) is 0 Å². The van der Waals surface area contributed by atoms with Gasteiger partial charge in [-0.3, -0.25) is 0 Å². The third-order valence-electron chi connectivity index (χ3n) is 1.93. The SMILES string of the molecule is CC(CON)c1cc(Br)cc(F)c1O. The van der Waals surface area contributed by atoms with Crippen LogP contribution in [0.2, 0.25) is 0 Å². The lowest BCUT2D eigenvalue weighted by Crippen LogP contribution is -2.09. The first kappa shape index (κ1) is 11.4. The van der Waals surface area contributed by atoms with Crippen LogP contribution in [0.15, 0.2) is 16.6 Å². The van der Waals surface area contributed by atoms with E-state index in [2.05, 4.69) is 20.8 Å². The van der Waals surface area contributed by atoms with Crippen molar-refractivity contribution >= 4 is 15.9 Å². The number of hydrogen-bond acceptors (Lipinski definition) is 3. The van der Waals surface area contributed by atoms with Gasteiger partial charge in [0, 0.05) is 16.0 Å². The molecule has 0 aliphatic heterocycles. The van der Waals surface area contributed by atoms with Crippen LogP contribution < -0.4 is 5.90 Å². The number of halogens is 2. The molecule has 0 radical (unpaired) electrons. The predicted octanol–water partition coefficient (Wildman–Crippen LogP) is 2.29. The van der Waals surface area contributed by atoms with Crippen molar-refractivity contribution < 1.29 is 14.3 Å². The Morgan fingerprint density at radius 1 is 1.64 bits per heavy atom. The van der Waals surface area contributed by atoms with Crippen LogP contribution in [0.1, 0.15) is 18.4 Å². The lowest BCUT2D eigenvalue weighted by atomic mass is 10.0. The number of benzene rings is 1. The van der Waals surface area contributed by atoms with E-state index in [9.17, 15) is 9.50 Å².